The number of carbonyl (C=O) groups excluding carboxylic acids is 3. The van der Waals surface area contributed by atoms with Gasteiger partial charge in [-0.05, 0) is 29.7 Å². The minimum Gasteiger partial charge on any atom is -0.461 e. The number of rotatable bonds is 5. The maximum atomic E-state index is 12.9. The van der Waals surface area contributed by atoms with Gasteiger partial charge in [0, 0.05) is 44.1 Å². The van der Waals surface area contributed by atoms with E-state index >= 15 is 0 Å². The zero-order valence-electron chi connectivity index (χ0n) is 18.1. The molecule has 1 amide bonds. The number of carbonyl (C=O) groups is 3. The van der Waals surface area contributed by atoms with Crippen molar-refractivity contribution in [1.82, 2.24) is 14.5 Å². The van der Waals surface area contributed by atoms with Gasteiger partial charge in [0.1, 0.15) is 18.4 Å². The molecule has 8 heteroatoms. The smallest absolute Gasteiger partial charge is 0.410 e. The van der Waals surface area contributed by atoms with Crippen molar-refractivity contribution in [1.29, 1.82) is 0 Å². The van der Waals surface area contributed by atoms with E-state index in [0.717, 1.165) is 16.5 Å². The second kappa shape index (κ2) is 9.21. The summed E-state index contributed by atoms with van der Waals surface area (Å²) in [6, 6.07) is 12.9. The first-order valence-corrected chi connectivity index (χ1v) is 10.5. The minimum atomic E-state index is -0.457. The van der Waals surface area contributed by atoms with E-state index in [1.165, 1.54) is 18.4 Å². The van der Waals surface area contributed by atoms with Gasteiger partial charge in [0.25, 0.3) is 0 Å². The molecule has 0 spiro atoms. The van der Waals surface area contributed by atoms with Crippen molar-refractivity contribution in [2.45, 2.75) is 45.4 Å². The third-order valence-electron chi connectivity index (χ3n) is 5.59. The first-order chi connectivity index (χ1) is 15.4. The van der Waals surface area contributed by atoms with E-state index < -0.39 is 12.2 Å². The van der Waals surface area contributed by atoms with Crippen LogP contribution in [0.3, 0.4) is 0 Å². The largest absolute Gasteiger partial charge is 0.461 e. The van der Waals surface area contributed by atoms with Crippen molar-refractivity contribution in [3.63, 3.8) is 0 Å². The molecular formula is C24H25N3O5. The summed E-state index contributed by atoms with van der Waals surface area (Å²) in [7, 11) is 0. The molecule has 32 heavy (non-hydrogen) atoms. The Hall–Kier alpha value is -3.68. The van der Waals surface area contributed by atoms with E-state index in [2.05, 4.69) is 4.98 Å². The predicted molar refractivity (Wildman–Crippen MR) is 117 cm³/mol. The summed E-state index contributed by atoms with van der Waals surface area (Å²) >= 11 is 0. The quantitative estimate of drug-likeness (QED) is 0.569. The van der Waals surface area contributed by atoms with Crippen LogP contribution in [0.15, 0.2) is 54.9 Å². The average molecular weight is 435 g/mol. The number of amides is 1. The van der Waals surface area contributed by atoms with Crippen LogP contribution in [0, 0.1) is 0 Å². The number of likely N-dealkylation sites (tertiary alicyclic amines) is 1. The second-order valence-corrected chi connectivity index (χ2v) is 7.94. The van der Waals surface area contributed by atoms with E-state index in [9.17, 15) is 14.4 Å². The van der Waals surface area contributed by atoms with Gasteiger partial charge in [0.15, 0.2) is 0 Å². The summed E-state index contributed by atoms with van der Waals surface area (Å²) < 4.78 is 12.4. The van der Waals surface area contributed by atoms with E-state index in [-0.39, 0.29) is 31.1 Å². The molecule has 166 valence electrons. The molecular weight excluding hydrogens is 410 g/mol. The molecule has 1 fully saturated rings. The average Bonchev–Trinajstić information content (AvgIpc) is 3.34. The van der Waals surface area contributed by atoms with E-state index in [1.807, 2.05) is 42.5 Å². The topological polar surface area (TPSA) is 90.7 Å². The number of pyridine rings is 1. The Morgan fingerprint density at radius 3 is 2.59 bits per heavy atom. The van der Waals surface area contributed by atoms with Crippen molar-refractivity contribution in [2.24, 2.45) is 0 Å². The third-order valence-corrected chi connectivity index (χ3v) is 5.59. The first-order valence-electron chi connectivity index (χ1n) is 10.5. The maximum absolute atomic E-state index is 12.9. The fourth-order valence-corrected chi connectivity index (χ4v) is 4.20. The van der Waals surface area contributed by atoms with Crippen LogP contribution in [0.2, 0.25) is 0 Å². The third kappa shape index (κ3) is 4.64. The van der Waals surface area contributed by atoms with Crippen LogP contribution in [0.5, 0.6) is 0 Å². The predicted octanol–water partition coefficient (Wildman–Crippen LogP) is 3.58. The van der Waals surface area contributed by atoms with Gasteiger partial charge < -0.3 is 14.4 Å². The molecule has 1 aromatic carbocycles. The molecule has 1 aliphatic rings. The molecule has 2 aromatic heterocycles. The Labute approximate surface area is 185 Å². The first kappa shape index (κ1) is 21.5. The molecule has 0 N–H and O–H groups in total. The lowest BCUT2D eigenvalue weighted by molar-refractivity contribution is -0.145. The zero-order valence-corrected chi connectivity index (χ0v) is 18.1. The maximum Gasteiger partial charge on any atom is 0.410 e. The van der Waals surface area contributed by atoms with Crippen LogP contribution < -0.4 is 0 Å². The summed E-state index contributed by atoms with van der Waals surface area (Å²) in [6.45, 7) is 3.27. The molecule has 8 nitrogen and oxygen atoms in total. The van der Waals surface area contributed by atoms with Crippen molar-refractivity contribution < 1.29 is 23.9 Å². The normalized spacial score (nSPS) is 18.0. The van der Waals surface area contributed by atoms with Gasteiger partial charge in [0.05, 0.1) is 6.54 Å². The van der Waals surface area contributed by atoms with Crippen LogP contribution in [-0.2, 0) is 27.3 Å². The van der Waals surface area contributed by atoms with Crippen molar-refractivity contribution in [3.8, 4) is 0 Å². The van der Waals surface area contributed by atoms with E-state index in [1.54, 1.807) is 17.3 Å². The highest BCUT2D eigenvalue weighted by Gasteiger charge is 2.38. The van der Waals surface area contributed by atoms with Gasteiger partial charge in [-0.2, -0.15) is 0 Å². The summed E-state index contributed by atoms with van der Waals surface area (Å²) in [6.07, 6.45) is 3.54. The number of esters is 1. The highest BCUT2D eigenvalue weighted by atomic mass is 16.6. The molecule has 0 saturated carbocycles. The molecule has 1 aliphatic heterocycles. The van der Waals surface area contributed by atoms with Gasteiger partial charge >= 0.3 is 12.1 Å². The highest BCUT2D eigenvalue weighted by molar-refractivity contribution is 5.91. The standard InChI is InChI=1S/C24H25N3O5/c1-16(28)26-13-19(22-9-6-10-25-23(22)26)11-20-12-21(32-17(2)29)14-27(20)24(30)31-15-18-7-4-3-5-8-18/h3-10,13,20-21H,11-12,14-15H2,1-2H3. The fraction of sp³-hybridized carbons (Fsp3) is 0.333. The monoisotopic (exact) mass is 435 g/mol. The molecule has 0 aliphatic carbocycles. The Morgan fingerprint density at radius 2 is 1.88 bits per heavy atom. The molecule has 3 aromatic rings. The number of benzene rings is 1. The van der Waals surface area contributed by atoms with E-state index in [0.29, 0.717) is 18.5 Å². The molecule has 2 atom stereocenters. The van der Waals surface area contributed by atoms with Crippen molar-refractivity contribution >= 4 is 29.0 Å². The summed E-state index contributed by atoms with van der Waals surface area (Å²) in [5, 5.41) is 0.858. The second-order valence-electron chi connectivity index (χ2n) is 7.94. The van der Waals surface area contributed by atoms with Gasteiger partial charge in [-0.15, -0.1) is 0 Å². The Bertz CT molecular complexity index is 1140. The van der Waals surface area contributed by atoms with Crippen LogP contribution >= 0.6 is 0 Å². The number of nitrogens with zero attached hydrogens (tertiary/aromatic N) is 3. The van der Waals surface area contributed by atoms with Gasteiger partial charge in [-0.25, -0.2) is 9.78 Å². The van der Waals surface area contributed by atoms with Gasteiger partial charge in [-0.3, -0.25) is 14.2 Å². The van der Waals surface area contributed by atoms with Crippen LogP contribution in [0.1, 0.15) is 36.2 Å². The minimum absolute atomic E-state index is 0.136. The number of fused-ring (bicyclic) bond motifs is 1. The van der Waals surface area contributed by atoms with Crippen LogP contribution in [-0.4, -0.2) is 51.1 Å². The summed E-state index contributed by atoms with van der Waals surface area (Å²) in [5.74, 6) is -0.520. The lowest BCUT2D eigenvalue weighted by Crippen LogP contribution is -2.37. The molecule has 3 heterocycles. The summed E-state index contributed by atoms with van der Waals surface area (Å²) in [5.41, 5.74) is 2.38. The Kier molecular flexibility index (Phi) is 6.20. The molecule has 4 rings (SSSR count). The van der Waals surface area contributed by atoms with Crippen LogP contribution in [0.4, 0.5) is 4.79 Å². The Morgan fingerprint density at radius 1 is 1.09 bits per heavy atom. The number of hydrogen-bond donors (Lipinski definition) is 0. The van der Waals surface area contributed by atoms with Crippen molar-refractivity contribution in [2.75, 3.05) is 6.54 Å². The lowest BCUT2D eigenvalue weighted by Gasteiger charge is -2.23. The van der Waals surface area contributed by atoms with Gasteiger partial charge in [0.2, 0.25) is 5.91 Å². The lowest BCUT2D eigenvalue weighted by atomic mass is 10.0. The number of ether oxygens (including phenoxy) is 2. The van der Waals surface area contributed by atoms with Gasteiger partial charge in [-0.1, -0.05) is 30.3 Å². The van der Waals surface area contributed by atoms with Crippen molar-refractivity contribution in [3.05, 3.63) is 66.0 Å². The highest BCUT2D eigenvalue weighted by Crippen LogP contribution is 2.28. The zero-order chi connectivity index (χ0) is 22.7. The molecule has 2 unspecified atom stereocenters. The summed E-state index contributed by atoms with van der Waals surface area (Å²) in [4.78, 5) is 42.4. The van der Waals surface area contributed by atoms with Crippen LogP contribution in [0.25, 0.3) is 11.0 Å². The SMILES string of the molecule is CC(=O)OC1CC(Cc2cn(C(C)=O)c3ncccc23)N(C(=O)OCc2ccccc2)C1. The molecule has 0 radical (unpaired) electrons. The number of hydrogen-bond acceptors (Lipinski definition) is 6. The molecule has 0 bridgehead atoms. The number of aromatic nitrogens is 2. The fourth-order valence-electron chi connectivity index (χ4n) is 4.20. The van der Waals surface area contributed by atoms with E-state index in [4.69, 9.17) is 9.47 Å². The molecule has 1 saturated heterocycles. The Balaban J connectivity index is 1.56.